The van der Waals surface area contributed by atoms with Crippen LogP contribution in [-0.2, 0) is 16.0 Å². The summed E-state index contributed by atoms with van der Waals surface area (Å²) >= 11 is 1.59. The molecule has 3 nitrogen and oxygen atoms in total. The van der Waals surface area contributed by atoms with Gasteiger partial charge in [-0.2, -0.15) is 0 Å². The summed E-state index contributed by atoms with van der Waals surface area (Å²) in [6.45, 7) is 4.23. The van der Waals surface area contributed by atoms with E-state index in [9.17, 15) is 9.59 Å². The highest BCUT2D eigenvalue weighted by Crippen LogP contribution is 2.37. The molecule has 0 saturated heterocycles. The first-order valence-electron chi connectivity index (χ1n) is 8.68. The Kier molecular flexibility index (Phi) is 5.24. The Bertz CT molecular complexity index is 722. The third kappa shape index (κ3) is 3.34. The quantitative estimate of drug-likeness (QED) is 0.567. The van der Waals surface area contributed by atoms with Gasteiger partial charge in [-0.15, -0.1) is 11.3 Å². The zero-order chi connectivity index (χ0) is 17.1. The van der Waals surface area contributed by atoms with E-state index in [4.69, 9.17) is 4.98 Å². The Morgan fingerprint density at radius 2 is 2.08 bits per heavy atom. The average Bonchev–Trinajstić information content (AvgIpc) is 3.23. The number of Topliss-reactive ketones (excluding diaryl/α,β-unsaturated/α-hetero) is 1. The minimum atomic E-state index is -0.705. The number of thiazole rings is 1. The van der Waals surface area contributed by atoms with Gasteiger partial charge in [0.15, 0.2) is 5.78 Å². The standard InChI is InChI=1S/C20H23NO2S/c1-3-17-18(21-20(24-17)14-7-5-4-6-8-14)16(12-22)19(23)15-10-9-13(2)11-15/h4-8,12-13,15-16H,3,9-11H2,1-2H3/t13-,15-,16?/m1/s1. The molecule has 3 rings (SSSR count). The lowest BCUT2D eigenvalue weighted by atomic mass is 9.89. The Labute approximate surface area is 147 Å². The molecular formula is C20H23NO2S. The van der Waals surface area contributed by atoms with Crippen molar-refractivity contribution in [3.05, 3.63) is 40.9 Å². The van der Waals surface area contributed by atoms with Gasteiger partial charge in [0.25, 0.3) is 0 Å². The van der Waals surface area contributed by atoms with Crippen LogP contribution in [0.5, 0.6) is 0 Å². The van der Waals surface area contributed by atoms with Crippen molar-refractivity contribution in [3.8, 4) is 10.6 Å². The van der Waals surface area contributed by atoms with E-state index in [1.165, 1.54) is 0 Å². The number of hydrogen-bond donors (Lipinski definition) is 0. The minimum absolute atomic E-state index is 0.0155. The van der Waals surface area contributed by atoms with E-state index in [0.29, 0.717) is 11.6 Å². The number of rotatable bonds is 6. The maximum absolute atomic E-state index is 12.9. The van der Waals surface area contributed by atoms with E-state index in [1.807, 2.05) is 30.3 Å². The smallest absolute Gasteiger partial charge is 0.152 e. The Morgan fingerprint density at radius 3 is 2.67 bits per heavy atom. The van der Waals surface area contributed by atoms with Crippen molar-refractivity contribution in [2.45, 2.75) is 45.4 Å². The largest absolute Gasteiger partial charge is 0.302 e. The van der Waals surface area contributed by atoms with Gasteiger partial charge in [0, 0.05) is 16.4 Å². The first-order valence-corrected chi connectivity index (χ1v) is 9.49. The highest BCUT2D eigenvalue weighted by atomic mass is 32.1. The number of aromatic nitrogens is 1. The maximum atomic E-state index is 12.9. The lowest BCUT2D eigenvalue weighted by Crippen LogP contribution is -2.22. The zero-order valence-corrected chi connectivity index (χ0v) is 15.0. The molecule has 1 aliphatic carbocycles. The Balaban J connectivity index is 1.92. The third-order valence-corrected chi connectivity index (χ3v) is 6.17. The van der Waals surface area contributed by atoms with Gasteiger partial charge in [-0.05, 0) is 31.6 Å². The zero-order valence-electron chi connectivity index (χ0n) is 14.2. The third-order valence-electron chi connectivity index (χ3n) is 4.90. The topological polar surface area (TPSA) is 47.0 Å². The molecule has 2 aromatic rings. The van der Waals surface area contributed by atoms with Crippen LogP contribution >= 0.6 is 11.3 Å². The molecular weight excluding hydrogens is 318 g/mol. The van der Waals surface area contributed by atoms with Gasteiger partial charge in [0.1, 0.15) is 17.2 Å². The predicted octanol–water partition coefficient (Wildman–Crippen LogP) is 4.66. The molecule has 126 valence electrons. The predicted molar refractivity (Wildman–Crippen MR) is 97.2 cm³/mol. The van der Waals surface area contributed by atoms with E-state index >= 15 is 0 Å². The van der Waals surface area contributed by atoms with Crippen LogP contribution in [-0.4, -0.2) is 17.1 Å². The number of aldehydes is 1. The number of benzene rings is 1. The highest BCUT2D eigenvalue weighted by Gasteiger charge is 2.35. The molecule has 0 aliphatic heterocycles. The second kappa shape index (κ2) is 7.39. The Hall–Kier alpha value is -1.81. The second-order valence-corrected chi connectivity index (χ2v) is 7.76. The molecule has 1 saturated carbocycles. The summed E-state index contributed by atoms with van der Waals surface area (Å²) < 4.78 is 0. The van der Waals surface area contributed by atoms with Crippen LogP contribution in [0.25, 0.3) is 10.6 Å². The molecule has 1 aromatic heterocycles. The molecule has 0 spiro atoms. The van der Waals surface area contributed by atoms with Crippen molar-refractivity contribution in [2.75, 3.05) is 0 Å². The molecule has 3 atom stereocenters. The molecule has 1 aliphatic rings. The Morgan fingerprint density at radius 1 is 1.33 bits per heavy atom. The molecule has 0 bridgehead atoms. The fourth-order valence-corrected chi connectivity index (χ4v) is 4.60. The summed E-state index contributed by atoms with van der Waals surface area (Å²) in [6, 6.07) is 9.95. The van der Waals surface area contributed by atoms with Crippen molar-refractivity contribution < 1.29 is 9.59 Å². The molecule has 0 radical (unpaired) electrons. The van der Waals surface area contributed by atoms with Gasteiger partial charge in [-0.25, -0.2) is 4.98 Å². The van der Waals surface area contributed by atoms with Crippen molar-refractivity contribution in [1.29, 1.82) is 0 Å². The second-order valence-electron chi connectivity index (χ2n) is 6.68. The maximum Gasteiger partial charge on any atom is 0.152 e. The van der Waals surface area contributed by atoms with Gasteiger partial charge in [-0.3, -0.25) is 4.79 Å². The van der Waals surface area contributed by atoms with Crippen molar-refractivity contribution >= 4 is 23.4 Å². The lowest BCUT2D eigenvalue weighted by Gasteiger charge is -2.14. The minimum Gasteiger partial charge on any atom is -0.302 e. The number of nitrogens with zero attached hydrogens (tertiary/aromatic N) is 1. The first-order chi connectivity index (χ1) is 11.6. The van der Waals surface area contributed by atoms with Gasteiger partial charge in [-0.1, -0.05) is 44.2 Å². The SMILES string of the molecule is CCc1sc(-c2ccccc2)nc1C(C=O)C(=O)[C@@H]1CC[C@@H](C)C1. The highest BCUT2D eigenvalue weighted by molar-refractivity contribution is 7.15. The van der Waals surface area contributed by atoms with Crippen molar-refractivity contribution in [3.63, 3.8) is 0 Å². The molecule has 0 N–H and O–H groups in total. The molecule has 1 fully saturated rings. The van der Waals surface area contributed by atoms with E-state index in [-0.39, 0.29) is 11.7 Å². The summed E-state index contributed by atoms with van der Waals surface area (Å²) in [6.07, 6.45) is 4.48. The lowest BCUT2D eigenvalue weighted by molar-refractivity contribution is -0.127. The van der Waals surface area contributed by atoms with E-state index < -0.39 is 5.92 Å². The molecule has 24 heavy (non-hydrogen) atoms. The summed E-state index contributed by atoms with van der Waals surface area (Å²) in [5.41, 5.74) is 1.72. The van der Waals surface area contributed by atoms with E-state index in [1.54, 1.807) is 11.3 Å². The molecule has 1 unspecified atom stereocenters. The van der Waals surface area contributed by atoms with Gasteiger partial charge >= 0.3 is 0 Å². The van der Waals surface area contributed by atoms with Crippen LogP contribution in [0.1, 0.15) is 49.6 Å². The van der Waals surface area contributed by atoms with Crippen LogP contribution in [0.2, 0.25) is 0 Å². The van der Waals surface area contributed by atoms with Crippen LogP contribution < -0.4 is 0 Å². The number of aryl methyl sites for hydroxylation is 1. The fourth-order valence-electron chi connectivity index (χ4n) is 3.55. The van der Waals surface area contributed by atoms with Crippen LogP contribution in [0.15, 0.2) is 30.3 Å². The molecule has 1 aromatic carbocycles. The average molecular weight is 341 g/mol. The monoisotopic (exact) mass is 341 g/mol. The molecule has 4 heteroatoms. The number of carbonyl (C=O) groups is 2. The van der Waals surface area contributed by atoms with Crippen LogP contribution in [0, 0.1) is 11.8 Å². The summed E-state index contributed by atoms with van der Waals surface area (Å²) in [5.74, 6) is -0.0492. The summed E-state index contributed by atoms with van der Waals surface area (Å²) in [4.78, 5) is 30.4. The first kappa shape index (κ1) is 17.0. The van der Waals surface area contributed by atoms with Crippen LogP contribution in [0.4, 0.5) is 0 Å². The fraction of sp³-hybridized carbons (Fsp3) is 0.450. The number of ketones is 1. The number of carbonyl (C=O) groups excluding carboxylic acids is 2. The van der Waals surface area contributed by atoms with Gasteiger partial charge in [0.2, 0.25) is 0 Å². The molecule has 0 amide bonds. The van der Waals surface area contributed by atoms with Crippen molar-refractivity contribution in [1.82, 2.24) is 4.98 Å². The van der Waals surface area contributed by atoms with Crippen LogP contribution in [0.3, 0.4) is 0 Å². The summed E-state index contributed by atoms with van der Waals surface area (Å²) in [7, 11) is 0. The van der Waals surface area contributed by atoms with E-state index in [2.05, 4.69) is 13.8 Å². The van der Waals surface area contributed by atoms with E-state index in [0.717, 1.165) is 47.4 Å². The number of hydrogen-bond acceptors (Lipinski definition) is 4. The normalized spacial score (nSPS) is 21.6. The van der Waals surface area contributed by atoms with Gasteiger partial charge in [0.05, 0.1) is 5.69 Å². The summed E-state index contributed by atoms with van der Waals surface area (Å²) in [5, 5.41) is 0.891. The van der Waals surface area contributed by atoms with Crippen molar-refractivity contribution in [2.24, 2.45) is 11.8 Å². The van der Waals surface area contributed by atoms with Gasteiger partial charge < -0.3 is 4.79 Å². The molecule has 1 heterocycles.